The Morgan fingerprint density at radius 1 is 1.33 bits per heavy atom. The number of amides is 1. The number of carbonyl (C=O) groups excluding carboxylic acids is 1. The zero-order chi connectivity index (χ0) is 12.7. The summed E-state index contributed by atoms with van der Waals surface area (Å²) in [5.74, 6) is 2.21. The van der Waals surface area contributed by atoms with Gasteiger partial charge in [-0.05, 0) is 26.8 Å². The van der Waals surface area contributed by atoms with Crippen molar-refractivity contribution in [3.63, 3.8) is 0 Å². The van der Waals surface area contributed by atoms with E-state index in [4.69, 9.17) is 0 Å². The van der Waals surface area contributed by atoms with Gasteiger partial charge in [0.1, 0.15) is 0 Å². The number of hydrogen-bond donors (Lipinski definition) is 1. The molecule has 0 saturated heterocycles. The summed E-state index contributed by atoms with van der Waals surface area (Å²) in [6.45, 7) is 10.9. The molecule has 15 heavy (non-hydrogen) atoms. The summed E-state index contributed by atoms with van der Waals surface area (Å²) < 4.78 is 0. The van der Waals surface area contributed by atoms with E-state index in [1.807, 2.05) is 45.9 Å². The van der Waals surface area contributed by atoms with E-state index in [9.17, 15) is 4.79 Å². The molecule has 0 saturated carbocycles. The van der Waals surface area contributed by atoms with Crippen molar-refractivity contribution >= 4 is 5.91 Å². The molecule has 0 spiro atoms. The lowest BCUT2D eigenvalue weighted by atomic mass is 10.3. The molecular formula is C13H23NO. The minimum atomic E-state index is -0.0359. The zero-order valence-corrected chi connectivity index (χ0v) is 10.7. The van der Waals surface area contributed by atoms with Gasteiger partial charge < -0.3 is 5.32 Å². The second-order valence-corrected chi connectivity index (χ2v) is 2.21. The smallest absolute Gasteiger partial charge is 0.221 e. The van der Waals surface area contributed by atoms with Gasteiger partial charge >= 0.3 is 0 Å². The summed E-state index contributed by atoms with van der Waals surface area (Å²) in [7, 11) is 0. The van der Waals surface area contributed by atoms with Crippen LogP contribution in [-0.4, -0.2) is 5.91 Å². The van der Waals surface area contributed by atoms with Crippen molar-refractivity contribution in [2.45, 2.75) is 41.5 Å². The van der Waals surface area contributed by atoms with Gasteiger partial charge in [0.05, 0.1) is 0 Å². The van der Waals surface area contributed by atoms with E-state index in [2.05, 4.69) is 17.7 Å². The first-order valence-electron chi connectivity index (χ1n) is 5.06. The fourth-order valence-electron chi connectivity index (χ4n) is 0.593. The molecule has 0 aliphatic rings. The van der Waals surface area contributed by atoms with Crippen molar-refractivity contribution in [2.75, 3.05) is 0 Å². The Morgan fingerprint density at radius 3 is 1.93 bits per heavy atom. The van der Waals surface area contributed by atoms with Gasteiger partial charge in [-0.15, -0.1) is 12.3 Å². The molecule has 0 heterocycles. The molecule has 0 unspecified atom stereocenters. The van der Waals surface area contributed by atoms with E-state index in [1.54, 1.807) is 6.92 Å². The van der Waals surface area contributed by atoms with Gasteiger partial charge in [0.25, 0.3) is 0 Å². The summed E-state index contributed by atoms with van der Waals surface area (Å²) in [5.41, 5.74) is 0.843. The van der Waals surface area contributed by atoms with E-state index in [1.165, 1.54) is 6.92 Å². The minimum Gasteiger partial charge on any atom is -0.327 e. The van der Waals surface area contributed by atoms with Crippen LogP contribution in [0.2, 0.25) is 0 Å². The van der Waals surface area contributed by atoms with Crippen molar-refractivity contribution < 1.29 is 4.79 Å². The first-order chi connectivity index (χ1) is 7.12. The molecule has 0 aliphatic heterocycles. The predicted octanol–water partition coefficient (Wildman–Crippen LogP) is 3.27. The third-order valence-corrected chi connectivity index (χ3v) is 0.978. The summed E-state index contributed by atoms with van der Waals surface area (Å²) >= 11 is 0. The molecule has 1 N–H and O–H groups in total. The van der Waals surface area contributed by atoms with Crippen molar-refractivity contribution in [1.29, 1.82) is 0 Å². The molecule has 0 fully saturated rings. The third-order valence-electron chi connectivity index (χ3n) is 0.978. The highest BCUT2D eigenvalue weighted by Crippen LogP contribution is 1.89. The molecule has 2 heteroatoms. The summed E-state index contributed by atoms with van der Waals surface area (Å²) in [6, 6.07) is 0. The van der Waals surface area contributed by atoms with Crippen LogP contribution in [0.5, 0.6) is 0 Å². The van der Waals surface area contributed by atoms with E-state index in [0.717, 1.165) is 5.70 Å². The van der Waals surface area contributed by atoms with E-state index in [-0.39, 0.29) is 5.91 Å². The highest BCUT2D eigenvalue weighted by Gasteiger charge is 1.90. The van der Waals surface area contributed by atoms with Crippen molar-refractivity contribution in [2.24, 2.45) is 0 Å². The first kappa shape index (κ1) is 19.1. The Hall–Kier alpha value is -1.49. The molecule has 0 rings (SSSR count). The monoisotopic (exact) mass is 209 g/mol. The van der Waals surface area contributed by atoms with Crippen LogP contribution in [0, 0.1) is 12.3 Å². The Kier molecular flexibility index (Phi) is 23.4. The van der Waals surface area contributed by atoms with Gasteiger partial charge in [0.15, 0.2) is 0 Å². The van der Waals surface area contributed by atoms with Crippen LogP contribution in [0.25, 0.3) is 0 Å². The maximum Gasteiger partial charge on any atom is 0.221 e. The standard InChI is InChI=1S/C8H13NO.C3H4.C2H6/c1-4-6-8(5-2)9-7(3)10;1-3-2;1-2/h4-6H,1-3H3,(H,9,10);1H,2H3;1-2H3/b6-4-,8-5+;;. The average Bonchev–Trinajstić information content (AvgIpc) is 2.21. The van der Waals surface area contributed by atoms with Gasteiger partial charge in [-0.3, -0.25) is 4.79 Å². The molecule has 0 aromatic rings. The van der Waals surface area contributed by atoms with Gasteiger partial charge in [-0.2, -0.15) is 0 Å². The SMILES string of the molecule is C#CC.C/C=C\C(=C/C)NC(C)=O.CC. The normalized spacial score (nSPS) is 9.00. The second-order valence-electron chi connectivity index (χ2n) is 2.21. The first-order valence-corrected chi connectivity index (χ1v) is 5.06. The second kappa shape index (κ2) is 18.3. The van der Waals surface area contributed by atoms with E-state index < -0.39 is 0 Å². The van der Waals surface area contributed by atoms with Crippen LogP contribution in [0.4, 0.5) is 0 Å². The quantitative estimate of drug-likeness (QED) is 0.549. The molecule has 0 aliphatic carbocycles. The number of nitrogens with one attached hydrogen (secondary N) is 1. The van der Waals surface area contributed by atoms with Crippen LogP contribution in [-0.2, 0) is 4.79 Å². The summed E-state index contributed by atoms with van der Waals surface area (Å²) in [4.78, 5) is 10.5. The summed E-state index contributed by atoms with van der Waals surface area (Å²) in [5, 5.41) is 2.67. The largest absolute Gasteiger partial charge is 0.327 e. The average molecular weight is 209 g/mol. The van der Waals surface area contributed by atoms with Crippen molar-refractivity contribution in [1.82, 2.24) is 5.32 Å². The molecule has 0 aromatic carbocycles. The third kappa shape index (κ3) is 24.5. The van der Waals surface area contributed by atoms with Crippen molar-refractivity contribution in [3.8, 4) is 12.3 Å². The van der Waals surface area contributed by atoms with Gasteiger partial charge in [-0.25, -0.2) is 0 Å². The minimum absolute atomic E-state index is 0.0359. The number of rotatable bonds is 2. The number of allylic oxidation sites excluding steroid dienone is 3. The lowest BCUT2D eigenvalue weighted by molar-refractivity contribution is -0.118. The van der Waals surface area contributed by atoms with Gasteiger partial charge in [0, 0.05) is 12.6 Å². The molecule has 2 nitrogen and oxygen atoms in total. The van der Waals surface area contributed by atoms with Gasteiger partial charge in [0.2, 0.25) is 5.91 Å². The predicted molar refractivity (Wildman–Crippen MR) is 68.2 cm³/mol. The van der Waals surface area contributed by atoms with Crippen LogP contribution >= 0.6 is 0 Å². The maximum atomic E-state index is 10.5. The lowest BCUT2D eigenvalue weighted by Gasteiger charge is -1.99. The van der Waals surface area contributed by atoms with Crippen LogP contribution in [0.1, 0.15) is 41.5 Å². The fourth-order valence-corrected chi connectivity index (χ4v) is 0.593. The highest BCUT2D eigenvalue weighted by molar-refractivity contribution is 5.75. The Bertz CT molecular complexity index is 231. The number of carbonyl (C=O) groups is 1. The topological polar surface area (TPSA) is 29.1 Å². The molecule has 0 aromatic heterocycles. The zero-order valence-electron chi connectivity index (χ0n) is 10.7. The Balaban J connectivity index is -0.000000245. The maximum absolute atomic E-state index is 10.5. The van der Waals surface area contributed by atoms with Crippen LogP contribution < -0.4 is 5.32 Å². The number of terminal acetylenes is 1. The summed E-state index contributed by atoms with van der Waals surface area (Å²) in [6.07, 6.45) is 10.2. The van der Waals surface area contributed by atoms with Crippen LogP contribution in [0.3, 0.4) is 0 Å². The molecule has 0 bridgehead atoms. The highest BCUT2D eigenvalue weighted by atomic mass is 16.1. The Morgan fingerprint density at radius 2 is 1.73 bits per heavy atom. The Labute approximate surface area is 94.5 Å². The van der Waals surface area contributed by atoms with E-state index in [0.29, 0.717) is 0 Å². The fraction of sp³-hybridized carbons (Fsp3) is 0.462. The molecular weight excluding hydrogens is 186 g/mol. The molecule has 0 radical (unpaired) electrons. The molecule has 1 amide bonds. The van der Waals surface area contributed by atoms with Crippen molar-refractivity contribution in [3.05, 3.63) is 23.9 Å². The molecule has 0 atom stereocenters. The number of hydrogen-bond acceptors (Lipinski definition) is 1. The van der Waals surface area contributed by atoms with Crippen LogP contribution in [0.15, 0.2) is 23.9 Å². The van der Waals surface area contributed by atoms with E-state index >= 15 is 0 Å². The molecule has 86 valence electrons. The lowest BCUT2D eigenvalue weighted by Crippen LogP contribution is -2.17. The van der Waals surface area contributed by atoms with Gasteiger partial charge in [-0.1, -0.05) is 26.0 Å².